The lowest BCUT2D eigenvalue weighted by atomic mass is 10.4. The summed E-state index contributed by atoms with van der Waals surface area (Å²) in [7, 11) is 0. The van der Waals surface area contributed by atoms with Crippen molar-refractivity contribution in [1.29, 1.82) is 0 Å². The molecule has 21 heavy (non-hydrogen) atoms. The largest absolute Gasteiger partial charge is 0.465 e. The SMILES string of the molecule is CSc1ncnc2sc(-c3ccc(CNC(=O)O)o3)nc12. The van der Waals surface area contributed by atoms with Gasteiger partial charge in [-0.2, -0.15) is 0 Å². The molecule has 0 saturated heterocycles. The predicted molar refractivity (Wildman–Crippen MR) is 79.6 cm³/mol. The molecule has 9 heteroatoms. The first kappa shape index (κ1) is 13.8. The van der Waals surface area contributed by atoms with Crippen molar-refractivity contribution in [3.05, 3.63) is 24.2 Å². The second-order valence-corrected chi connectivity index (χ2v) is 5.75. The molecule has 3 heterocycles. The molecule has 2 N–H and O–H groups in total. The van der Waals surface area contributed by atoms with Gasteiger partial charge in [0.05, 0.1) is 6.54 Å². The van der Waals surface area contributed by atoms with E-state index in [4.69, 9.17) is 9.52 Å². The summed E-state index contributed by atoms with van der Waals surface area (Å²) in [5, 5.41) is 12.3. The Morgan fingerprint density at radius 3 is 3.10 bits per heavy atom. The molecule has 3 aromatic rings. The molecule has 1 amide bonds. The zero-order chi connectivity index (χ0) is 14.8. The fraction of sp³-hybridized carbons (Fsp3) is 0.167. The van der Waals surface area contributed by atoms with Crippen LogP contribution in [0, 0.1) is 0 Å². The highest BCUT2D eigenvalue weighted by molar-refractivity contribution is 7.98. The molecule has 7 nitrogen and oxygen atoms in total. The number of thiazole rings is 1. The zero-order valence-corrected chi connectivity index (χ0v) is 12.5. The lowest BCUT2D eigenvalue weighted by Crippen LogP contribution is -2.19. The number of hydrogen-bond donors (Lipinski definition) is 2. The van der Waals surface area contributed by atoms with Crippen LogP contribution in [0.25, 0.3) is 21.1 Å². The van der Waals surface area contributed by atoms with Crippen LogP contribution in [0.5, 0.6) is 0 Å². The van der Waals surface area contributed by atoms with Crippen molar-refractivity contribution in [2.24, 2.45) is 0 Å². The number of amides is 1. The van der Waals surface area contributed by atoms with Crippen LogP contribution in [0.15, 0.2) is 27.9 Å². The molecule has 3 rings (SSSR count). The Bertz CT molecular complexity index is 799. The topological polar surface area (TPSA) is 101 Å². The summed E-state index contributed by atoms with van der Waals surface area (Å²) < 4.78 is 5.59. The van der Waals surface area contributed by atoms with Gasteiger partial charge in [0.25, 0.3) is 0 Å². The number of nitrogens with one attached hydrogen (secondary N) is 1. The smallest absolute Gasteiger partial charge is 0.405 e. The van der Waals surface area contributed by atoms with Gasteiger partial charge in [-0.15, -0.1) is 11.8 Å². The lowest BCUT2D eigenvalue weighted by Gasteiger charge is -1.95. The van der Waals surface area contributed by atoms with E-state index in [0.29, 0.717) is 16.5 Å². The molecule has 0 aliphatic heterocycles. The maximum absolute atomic E-state index is 10.5. The number of aromatic nitrogens is 3. The number of hydrogen-bond acceptors (Lipinski definition) is 7. The molecule has 0 fully saturated rings. The minimum atomic E-state index is -1.09. The average Bonchev–Trinajstić information content (AvgIpc) is 3.10. The van der Waals surface area contributed by atoms with Crippen molar-refractivity contribution < 1.29 is 14.3 Å². The molecule has 108 valence electrons. The van der Waals surface area contributed by atoms with E-state index in [0.717, 1.165) is 15.4 Å². The van der Waals surface area contributed by atoms with Crippen LogP contribution in [0.2, 0.25) is 0 Å². The fourth-order valence-corrected chi connectivity index (χ4v) is 3.16. The van der Waals surface area contributed by atoms with Gasteiger partial charge < -0.3 is 14.8 Å². The first-order valence-corrected chi connectivity index (χ1v) is 7.93. The Labute approximate surface area is 127 Å². The molecule has 0 aliphatic carbocycles. The molecule has 0 aromatic carbocycles. The third kappa shape index (κ3) is 2.83. The monoisotopic (exact) mass is 322 g/mol. The van der Waals surface area contributed by atoms with Crippen LogP contribution in [0.4, 0.5) is 4.79 Å². The lowest BCUT2D eigenvalue weighted by molar-refractivity contribution is 0.193. The number of thioether (sulfide) groups is 1. The number of fused-ring (bicyclic) bond motifs is 1. The van der Waals surface area contributed by atoms with E-state index >= 15 is 0 Å². The Morgan fingerprint density at radius 2 is 2.33 bits per heavy atom. The summed E-state index contributed by atoms with van der Waals surface area (Å²) in [6, 6.07) is 3.49. The highest BCUT2D eigenvalue weighted by atomic mass is 32.2. The normalized spacial score (nSPS) is 10.9. The van der Waals surface area contributed by atoms with Crippen molar-refractivity contribution in [1.82, 2.24) is 20.3 Å². The zero-order valence-electron chi connectivity index (χ0n) is 10.9. The number of carbonyl (C=O) groups is 1. The molecule has 0 radical (unpaired) electrons. The van der Waals surface area contributed by atoms with Gasteiger partial charge in [-0.1, -0.05) is 11.3 Å². The third-order valence-electron chi connectivity index (χ3n) is 2.64. The molecule has 0 bridgehead atoms. The molecule has 3 aromatic heterocycles. The van der Waals surface area contributed by atoms with Gasteiger partial charge in [-0.05, 0) is 18.4 Å². The van der Waals surface area contributed by atoms with Crippen LogP contribution in [-0.4, -0.2) is 32.4 Å². The Kier molecular flexibility index (Phi) is 3.76. The fourth-order valence-electron chi connectivity index (χ4n) is 1.74. The number of nitrogens with zero attached hydrogens (tertiary/aromatic N) is 3. The predicted octanol–water partition coefficient (Wildman–Crippen LogP) is 2.84. The van der Waals surface area contributed by atoms with E-state index in [1.165, 1.54) is 29.4 Å². The molecule has 0 atom stereocenters. The highest BCUT2D eigenvalue weighted by Gasteiger charge is 2.14. The summed E-state index contributed by atoms with van der Waals surface area (Å²) in [5.74, 6) is 1.12. The van der Waals surface area contributed by atoms with E-state index in [-0.39, 0.29) is 6.54 Å². The Morgan fingerprint density at radius 1 is 1.48 bits per heavy atom. The van der Waals surface area contributed by atoms with Gasteiger partial charge in [-0.25, -0.2) is 19.7 Å². The maximum Gasteiger partial charge on any atom is 0.405 e. The molecular formula is C12H10N4O3S2. The standard InChI is InChI=1S/C12H10N4O3S2/c1-20-10-8-11(15-5-14-10)21-9(16-8)7-3-2-6(19-7)4-13-12(17)18/h2-3,5,13H,4H2,1H3,(H,17,18). The summed E-state index contributed by atoms with van der Waals surface area (Å²) in [5.41, 5.74) is 0.756. The van der Waals surface area contributed by atoms with E-state index in [9.17, 15) is 4.79 Å². The number of rotatable bonds is 4. The number of carboxylic acid groups (broad SMARTS) is 1. The van der Waals surface area contributed by atoms with Crippen molar-refractivity contribution in [2.75, 3.05) is 6.26 Å². The van der Waals surface area contributed by atoms with Gasteiger partial charge in [-0.3, -0.25) is 0 Å². The summed E-state index contributed by atoms with van der Waals surface area (Å²) in [6.07, 6.45) is 2.36. The van der Waals surface area contributed by atoms with E-state index in [2.05, 4.69) is 20.3 Å². The Balaban J connectivity index is 1.92. The Hall–Kier alpha value is -2.13. The quantitative estimate of drug-likeness (QED) is 0.562. The van der Waals surface area contributed by atoms with Crippen LogP contribution >= 0.6 is 23.1 Å². The van der Waals surface area contributed by atoms with E-state index in [1.807, 2.05) is 6.26 Å². The maximum atomic E-state index is 10.5. The molecule has 0 saturated carbocycles. The number of furan rings is 1. The van der Waals surface area contributed by atoms with Gasteiger partial charge in [0.2, 0.25) is 0 Å². The molecule has 0 spiro atoms. The van der Waals surface area contributed by atoms with Crippen molar-refractivity contribution in [2.45, 2.75) is 11.6 Å². The van der Waals surface area contributed by atoms with Crippen molar-refractivity contribution >= 4 is 39.5 Å². The van der Waals surface area contributed by atoms with Gasteiger partial charge in [0, 0.05) is 0 Å². The first-order valence-electron chi connectivity index (χ1n) is 5.89. The second kappa shape index (κ2) is 5.70. The average molecular weight is 322 g/mol. The minimum Gasteiger partial charge on any atom is -0.465 e. The van der Waals surface area contributed by atoms with Crippen molar-refractivity contribution in [3.63, 3.8) is 0 Å². The van der Waals surface area contributed by atoms with Gasteiger partial charge in [0.1, 0.15) is 27.5 Å². The van der Waals surface area contributed by atoms with Crippen LogP contribution in [0.3, 0.4) is 0 Å². The second-order valence-electron chi connectivity index (χ2n) is 3.98. The van der Waals surface area contributed by atoms with E-state index < -0.39 is 6.09 Å². The summed E-state index contributed by atoms with van der Waals surface area (Å²) in [6.45, 7) is 0.121. The van der Waals surface area contributed by atoms with E-state index in [1.54, 1.807) is 12.1 Å². The molecular weight excluding hydrogens is 312 g/mol. The minimum absolute atomic E-state index is 0.121. The van der Waals surface area contributed by atoms with Gasteiger partial charge >= 0.3 is 6.09 Å². The van der Waals surface area contributed by atoms with Gasteiger partial charge in [0.15, 0.2) is 10.8 Å². The van der Waals surface area contributed by atoms with Crippen LogP contribution in [0.1, 0.15) is 5.76 Å². The van der Waals surface area contributed by atoms with Crippen LogP contribution in [-0.2, 0) is 6.54 Å². The summed E-state index contributed by atoms with van der Waals surface area (Å²) in [4.78, 5) is 24.1. The molecule has 0 aliphatic rings. The summed E-state index contributed by atoms with van der Waals surface area (Å²) >= 11 is 2.92. The molecule has 0 unspecified atom stereocenters. The first-order chi connectivity index (χ1) is 10.2. The van der Waals surface area contributed by atoms with Crippen LogP contribution < -0.4 is 5.32 Å². The van der Waals surface area contributed by atoms with Crippen molar-refractivity contribution in [3.8, 4) is 10.8 Å². The highest BCUT2D eigenvalue weighted by Crippen LogP contribution is 2.33. The third-order valence-corrected chi connectivity index (χ3v) is 4.30.